The molecule has 2 N–H and O–H groups in total. The van der Waals surface area contributed by atoms with E-state index < -0.39 is 43.5 Å². The SMILES string of the molecule is O=C([O-])c1cccc(NS(=O)(=O)c2ccc([O-])c(N=Nc3c([N-]c4ccccc4)ccc4ccccc34)c2)c1.O=C([O-])c1cccc(NS(=O)(=O)c2ccc([O-])c(N=Nc3c([N-]c4ccccc4)ccc4ccccc34)c2)c1.[Co+2].[H+].[H+].[Na+]. The van der Waals surface area contributed by atoms with Crippen LogP contribution in [0.3, 0.4) is 0 Å². The molecule has 22 heteroatoms. The number of hydrogen-bond acceptors (Lipinski definition) is 14. The monoisotopic (exact) mass is 1150 g/mol. The van der Waals surface area contributed by atoms with Crippen LogP contribution in [0, 0.1) is 0 Å². The van der Waals surface area contributed by atoms with Crippen molar-refractivity contribution in [3.63, 3.8) is 0 Å². The van der Waals surface area contributed by atoms with E-state index in [1.165, 1.54) is 36.4 Å². The van der Waals surface area contributed by atoms with E-state index in [4.69, 9.17) is 0 Å². The molecule has 0 unspecified atom stereocenters. The Labute approximate surface area is 494 Å². The first-order valence-corrected chi connectivity index (χ1v) is 26.3. The summed E-state index contributed by atoms with van der Waals surface area (Å²) in [6.45, 7) is 0. The molecule has 10 aromatic rings. The molecule has 0 atom stereocenters. The molecule has 0 aliphatic rings. The van der Waals surface area contributed by atoms with Crippen molar-refractivity contribution in [2.24, 2.45) is 20.5 Å². The fourth-order valence-electron chi connectivity index (χ4n) is 7.70. The number of hydrogen-bond donors (Lipinski definition) is 2. The standard InChI is InChI=1S/2C29H22N4O5S.Co.Na/c2*34-27-16-14-23(39(37,38)33-22-11-6-8-20(17-22)29(35)36)18-26(27)31-32-28-24-12-5-4-7-19(24)13-15-25(28)30-21-9-2-1-3-10-21;;/h2*1-18,33H,(H3,30,31,32,34,35,36);;/q;;+2;+1/p-4. The molecule has 395 valence electrons. The van der Waals surface area contributed by atoms with Gasteiger partial charge in [-0.1, -0.05) is 181 Å². The second kappa shape index (κ2) is 26.1. The van der Waals surface area contributed by atoms with Gasteiger partial charge in [0.05, 0.1) is 44.5 Å². The van der Waals surface area contributed by atoms with Crippen LogP contribution in [-0.4, -0.2) is 28.8 Å². The van der Waals surface area contributed by atoms with Gasteiger partial charge in [-0.2, -0.15) is 20.5 Å². The summed E-state index contributed by atoms with van der Waals surface area (Å²) < 4.78 is 56.6. The van der Waals surface area contributed by atoms with E-state index in [0.717, 1.165) is 70.1 Å². The Hall–Kier alpha value is -8.93. The van der Waals surface area contributed by atoms with E-state index in [1.807, 2.05) is 121 Å². The van der Waals surface area contributed by atoms with E-state index >= 15 is 0 Å². The van der Waals surface area contributed by atoms with Gasteiger partial charge >= 0.3 is 49.2 Å². The summed E-state index contributed by atoms with van der Waals surface area (Å²) >= 11 is 0. The number of carboxylic acid groups (broad SMARTS) is 2. The Balaban J connectivity index is 0.000000287. The number of sulfonamides is 2. The molecule has 0 bridgehead atoms. The van der Waals surface area contributed by atoms with E-state index in [-0.39, 0.29) is 92.9 Å². The largest absolute Gasteiger partial charge is 2.00 e. The van der Waals surface area contributed by atoms with E-state index in [0.29, 0.717) is 34.1 Å². The van der Waals surface area contributed by atoms with E-state index in [9.17, 15) is 46.9 Å². The Bertz CT molecular complexity index is 3950. The molecular formula is C58H40CoN8NaO10S2-. The van der Waals surface area contributed by atoms with Gasteiger partial charge < -0.3 is 40.6 Å². The van der Waals surface area contributed by atoms with Gasteiger partial charge in [0.2, 0.25) is 0 Å². The minimum atomic E-state index is -4.18. The summed E-state index contributed by atoms with van der Waals surface area (Å²) in [5, 5.41) is 76.9. The van der Waals surface area contributed by atoms with Crippen molar-refractivity contribution in [1.29, 1.82) is 0 Å². The summed E-state index contributed by atoms with van der Waals surface area (Å²) in [6, 6.07) is 58.0. The number of para-hydroxylation sites is 2. The number of azo groups is 2. The Morgan fingerprint density at radius 1 is 0.425 bits per heavy atom. The first kappa shape index (κ1) is 58.7. The van der Waals surface area contributed by atoms with Crippen LogP contribution in [0.15, 0.2) is 249 Å². The van der Waals surface area contributed by atoms with Crippen molar-refractivity contribution in [3.05, 3.63) is 240 Å². The van der Waals surface area contributed by atoms with Crippen molar-refractivity contribution in [2.75, 3.05) is 9.44 Å². The average molecular weight is 1160 g/mol. The maximum atomic E-state index is 13.0. The second-order valence-electron chi connectivity index (χ2n) is 16.8. The topological polar surface area (TPSA) is 296 Å². The van der Waals surface area contributed by atoms with Crippen LogP contribution in [0.5, 0.6) is 11.5 Å². The number of aromatic carboxylic acids is 2. The van der Waals surface area contributed by atoms with Crippen molar-refractivity contribution in [2.45, 2.75) is 9.79 Å². The number of fused-ring (bicyclic) bond motifs is 2. The Kier molecular flexibility index (Phi) is 19.2. The molecule has 10 rings (SSSR count). The third kappa shape index (κ3) is 14.4. The van der Waals surface area contributed by atoms with Crippen LogP contribution in [0.25, 0.3) is 32.2 Å². The normalized spacial score (nSPS) is 11.2. The van der Waals surface area contributed by atoms with Crippen LogP contribution in [0.1, 0.15) is 23.6 Å². The summed E-state index contributed by atoms with van der Waals surface area (Å²) in [6.07, 6.45) is 0. The quantitative estimate of drug-likeness (QED) is 0.0684. The van der Waals surface area contributed by atoms with Crippen LogP contribution in [-0.2, 0) is 36.8 Å². The summed E-state index contributed by atoms with van der Waals surface area (Å²) in [5.74, 6) is -3.95. The number of carbonyl (C=O) groups excluding carboxylic acids is 2. The smallest absolute Gasteiger partial charge is 0.871 e. The molecule has 0 heterocycles. The van der Waals surface area contributed by atoms with Gasteiger partial charge in [-0.25, -0.2) is 16.8 Å². The number of nitrogens with zero attached hydrogens (tertiary/aromatic N) is 6. The molecule has 18 nitrogen and oxygen atoms in total. The van der Waals surface area contributed by atoms with Gasteiger partial charge in [-0.3, -0.25) is 9.44 Å². The van der Waals surface area contributed by atoms with Gasteiger partial charge in [-0.15, -0.1) is 22.7 Å². The summed E-state index contributed by atoms with van der Waals surface area (Å²) in [7, 11) is -8.37. The third-order valence-electron chi connectivity index (χ3n) is 11.5. The van der Waals surface area contributed by atoms with Gasteiger partial charge in [0.15, 0.2) is 0 Å². The van der Waals surface area contributed by atoms with Gasteiger partial charge in [0, 0.05) is 22.1 Å². The van der Waals surface area contributed by atoms with Crippen molar-refractivity contribution in [1.82, 2.24) is 0 Å². The number of rotatable bonds is 16. The van der Waals surface area contributed by atoms with Gasteiger partial charge in [0.25, 0.3) is 20.0 Å². The van der Waals surface area contributed by atoms with Crippen LogP contribution >= 0.6 is 0 Å². The predicted octanol–water partition coefficient (Wildman–Crippen LogP) is 8.89. The van der Waals surface area contributed by atoms with Gasteiger partial charge in [0.1, 0.15) is 0 Å². The average Bonchev–Trinajstić information content (AvgIpc) is 3.45. The molecule has 80 heavy (non-hydrogen) atoms. The fraction of sp³-hybridized carbons (Fsp3) is 0. The van der Waals surface area contributed by atoms with E-state index in [2.05, 4.69) is 40.5 Å². The summed E-state index contributed by atoms with van der Waals surface area (Å²) in [5.41, 5.74) is 2.57. The Morgan fingerprint density at radius 2 is 0.800 bits per heavy atom. The molecule has 0 spiro atoms. The number of carboxylic acids is 2. The van der Waals surface area contributed by atoms with Crippen molar-refractivity contribution >= 4 is 110 Å². The van der Waals surface area contributed by atoms with Crippen LogP contribution < -0.4 is 59.4 Å². The molecule has 0 fully saturated rings. The zero-order chi connectivity index (χ0) is 54.8. The molecule has 1 radical (unpaired) electrons. The van der Waals surface area contributed by atoms with Crippen molar-refractivity contribution in [3.8, 4) is 11.5 Å². The minimum absolute atomic E-state index is 0. The minimum Gasteiger partial charge on any atom is -0.871 e. The molecular weight excluding hydrogens is 1110 g/mol. The number of carbonyl (C=O) groups is 2. The maximum absolute atomic E-state index is 13.0. The number of benzene rings is 10. The zero-order valence-electron chi connectivity index (χ0n) is 43.7. The van der Waals surface area contributed by atoms with Crippen LogP contribution in [0.4, 0.5) is 56.9 Å². The van der Waals surface area contributed by atoms with Crippen LogP contribution in [0.2, 0.25) is 0 Å². The molecule has 0 aliphatic heterocycles. The summed E-state index contributed by atoms with van der Waals surface area (Å²) in [4.78, 5) is 21.7. The first-order valence-electron chi connectivity index (χ1n) is 23.3. The fourth-order valence-corrected chi connectivity index (χ4v) is 9.84. The zero-order valence-corrected chi connectivity index (χ0v) is 46.4. The van der Waals surface area contributed by atoms with Gasteiger partial charge in [-0.05, 0) is 70.4 Å². The molecule has 0 amide bonds. The first-order chi connectivity index (χ1) is 37.6. The number of anilines is 2. The maximum Gasteiger partial charge on any atom is 2.00 e. The predicted molar refractivity (Wildman–Crippen MR) is 292 cm³/mol. The molecule has 0 saturated heterocycles. The second-order valence-corrected chi connectivity index (χ2v) is 20.2. The molecule has 0 aromatic heterocycles. The molecule has 0 aliphatic carbocycles. The number of nitrogens with one attached hydrogen (secondary N) is 2. The third-order valence-corrected chi connectivity index (χ3v) is 14.2. The Morgan fingerprint density at radius 3 is 1.19 bits per heavy atom. The molecule has 0 saturated carbocycles. The molecule has 10 aromatic carbocycles. The van der Waals surface area contributed by atoms with Crippen molar-refractivity contribution < 1.29 is 96.0 Å². The van der Waals surface area contributed by atoms with E-state index in [1.54, 1.807) is 12.1 Å².